The standard InChI is InChI=1S/C16H26N2O3/c1-6-11(3)17-15(19)8-9-18(7-2)16(20)14-10-12(4)21-13(14)5/h10-11H,6-9H2,1-5H3,(H,17,19)/t11-/m1/s1. The predicted octanol–water partition coefficient (Wildman–Crippen LogP) is 2.66. The zero-order valence-electron chi connectivity index (χ0n) is 13.7. The van der Waals surface area contributed by atoms with E-state index in [2.05, 4.69) is 5.32 Å². The second-order valence-electron chi connectivity index (χ2n) is 5.34. The van der Waals surface area contributed by atoms with Gasteiger partial charge < -0.3 is 14.6 Å². The van der Waals surface area contributed by atoms with Gasteiger partial charge in [0.1, 0.15) is 11.5 Å². The van der Waals surface area contributed by atoms with Crippen LogP contribution in [0.25, 0.3) is 0 Å². The van der Waals surface area contributed by atoms with Gasteiger partial charge in [-0.05, 0) is 40.2 Å². The number of furan rings is 1. The molecule has 5 nitrogen and oxygen atoms in total. The summed E-state index contributed by atoms with van der Waals surface area (Å²) in [7, 11) is 0. The molecule has 1 heterocycles. The largest absolute Gasteiger partial charge is 0.466 e. The lowest BCUT2D eigenvalue weighted by Crippen LogP contribution is -2.37. The first-order valence-electron chi connectivity index (χ1n) is 7.54. The van der Waals surface area contributed by atoms with E-state index in [1.807, 2.05) is 27.7 Å². The predicted molar refractivity (Wildman–Crippen MR) is 82.3 cm³/mol. The van der Waals surface area contributed by atoms with Crippen LogP contribution in [0, 0.1) is 13.8 Å². The highest BCUT2D eigenvalue weighted by atomic mass is 16.3. The Labute approximate surface area is 126 Å². The molecule has 5 heteroatoms. The molecular formula is C16H26N2O3. The lowest BCUT2D eigenvalue weighted by Gasteiger charge is -2.21. The summed E-state index contributed by atoms with van der Waals surface area (Å²) < 4.78 is 5.40. The fraction of sp³-hybridized carbons (Fsp3) is 0.625. The highest BCUT2D eigenvalue weighted by molar-refractivity contribution is 5.95. The monoisotopic (exact) mass is 294 g/mol. The Kier molecular flexibility index (Phi) is 6.46. The van der Waals surface area contributed by atoms with Crippen LogP contribution in [0.2, 0.25) is 0 Å². The van der Waals surface area contributed by atoms with Gasteiger partial charge in [0.05, 0.1) is 5.56 Å². The number of rotatable bonds is 7. The van der Waals surface area contributed by atoms with Crippen molar-refractivity contribution < 1.29 is 14.0 Å². The van der Waals surface area contributed by atoms with E-state index >= 15 is 0 Å². The van der Waals surface area contributed by atoms with Crippen molar-refractivity contribution in [3.63, 3.8) is 0 Å². The quantitative estimate of drug-likeness (QED) is 0.841. The van der Waals surface area contributed by atoms with Crippen molar-refractivity contribution in [3.8, 4) is 0 Å². The molecule has 0 aliphatic heterocycles. The molecule has 0 saturated heterocycles. The second-order valence-corrected chi connectivity index (χ2v) is 5.34. The Morgan fingerprint density at radius 3 is 2.48 bits per heavy atom. The number of hydrogen-bond acceptors (Lipinski definition) is 3. The van der Waals surface area contributed by atoms with Crippen molar-refractivity contribution in [2.24, 2.45) is 0 Å². The molecule has 0 aliphatic rings. The normalized spacial score (nSPS) is 12.0. The van der Waals surface area contributed by atoms with Gasteiger partial charge in [0.25, 0.3) is 5.91 Å². The number of carbonyl (C=O) groups is 2. The maximum Gasteiger partial charge on any atom is 0.257 e. The van der Waals surface area contributed by atoms with Crippen LogP contribution >= 0.6 is 0 Å². The molecule has 0 aliphatic carbocycles. The number of amides is 2. The first-order chi connectivity index (χ1) is 9.88. The Morgan fingerprint density at radius 1 is 1.33 bits per heavy atom. The molecule has 0 bridgehead atoms. The molecule has 1 N–H and O–H groups in total. The maximum absolute atomic E-state index is 12.4. The van der Waals surface area contributed by atoms with Gasteiger partial charge >= 0.3 is 0 Å². The number of nitrogens with one attached hydrogen (secondary N) is 1. The third-order valence-corrected chi connectivity index (χ3v) is 3.57. The van der Waals surface area contributed by atoms with Gasteiger partial charge in [-0.25, -0.2) is 0 Å². The van der Waals surface area contributed by atoms with Gasteiger partial charge in [-0.15, -0.1) is 0 Å². The fourth-order valence-corrected chi connectivity index (χ4v) is 2.10. The Hall–Kier alpha value is -1.78. The zero-order chi connectivity index (χ0) is 16.0. The topological polar surface area (TPSA) is 62.6 Å². The van der Waals surface area contributed by atoms with Gasteiger partial charge in [-0.1, -0.05) is 6.92 Å². The summed E-state index contributed by atoms with van der Waals surface area (Å²) in [5.41, 5.74) is 0.580. The van der Waals surface area contributed by atoms with E-state index < -0.39 is 0 Å². The van der Waals surface area contributed by atoms with Crippen molar-refractivity contribution in [1.82, 2.24) is 10.2 Å². The van der Waals surface area contributed by atoms with Crippen molar-refractivity contribution >= 4 is 11.8 Å². The minimum atomic E-state index is -0.0804. The summed E-state index contributed by atoms with van der Waals surface area (Å²) in [5.74, 6) is 1.25. The van der Waals surface area contributed by atoms with Crippen LogP contribution in [0.4, 0.5) is 0 Å². The van der Waals surface area contributed by atoms with Crippen LogP contribution < -0.4 is 5.32 Å². The third kappa shape index (κ3) is 4.92. The van der Waals surface area contributed by atoms with Crippen LogP contribution in [0.3, 0.4) is 0 Å². The summed E-state index contributed by atoms with van der Waals surface area (Å²) >= 11 is 0. The average molecular weight is 294 g/mol. The SMILES string of the molecule is CC[C@@H](C)NC(=O)CCN(CC)C(=O)c1cc(C)oc1C. The molecule has 0 saturated carbocycles. The Balaban J connectivity index is 2.61. The Morgan fingerprint density at radius 2 is 2.00 bits per heavy atom. The average Bonchev–Trinajstić information content (AvgIpc) is 2.77. The molecule has 2 amide bonds. The molecule has 1 rings (SSSR count). The highest BCUT2D eigenvalue weighted by Gasteiger charge is 2.20. The van der Waals surface area contributed by atoms with E-state index in [1.165, 1.54) is 0 Å². The van der Waals surface area contributed by atoms with Gasteiger partial charge in [-0.2, -0.15) is 0 Å². The minimum Gasteiger partial charge on any atom is -0.466 e. The molecule has 0 aromatic carbocycles. The van der Waals surface area contributed by atoms with Crippen molar-refractivity contribution in [2.45, 2.75) is 53.5 Å². The van der Waals surface area contributed by atoms with E-state index in [9.17, 15) is 9.59 Å². The van der Waals surface area contributed by atoms with Crippen LogP contribution in [0.15, 0.2) is 10.5 Å². The van der Waals surface area contributed by atoms with E-state index in [4.69, 9.17) is 4.42 Å². The maximum atomic E-state index is 12.4. The van der Waals surface area contributed by atoms with Gasteiger partial charge in [0, 0.05) is 25.6 Å². The lowest BCUT2D eigenvalue weighted by molar-refractivity contribution is -0.121. The Bertz CT molecular complexity index is 494. The van der Waals surface area contributed by atoms with E-state index in [1.54, 1.807) is 17.9 Å². The highest BCUT2D eigenvalue weighted by Crippen LogP contribution is 2.16. The molecule has 1 atom stereocenters. The number of aryl methyl sites for hydroxylation is 2. The minimum absolute atomic E-state index is 0.0179. The number of carbonyl (C=O) groups excluding carboxylic acids is 2. The zero-order valence-corrected chi connectivity index (χ0v) is 13.7. The summed E-state index contributed by atoms with van der Waals surface area (Å²) in [6, 6.07) is 1.92. The number of nitrogens with zero attached hydrogens (tertiary/aromatic N) is 1. The lowest BCUT2D eigenvalue weighted by atomic mass is 10.2. The summed E-state index contributed by atoms with van der Waals surface area (Å²) in [6.07, 6.45) is 1.22. The second kappa shape index (κ2) is 7.86. The van der Waals surface area contributed by atoms with E-state index in [0.717, 1.165) is 12.2 Å². The molecule has 1 aromatic rings. The van der Waals surface area contributed by atoms with Crippen molar-refractivity contribution in [3.05, 3.63) is 23.2 Å². The van der Waals surface area contributed by atoms with Crippen molar-refractivity contribution in [1.29, 1.82) is 0 Å². The molecule has 118 valence electrons. The first-order valence-corrected chi connectivity index (χ1v) is 7.54. The third-order valence-electron chi connectivity index (χ3n) is 3.57. The van der Waals surface area contributed by atoms with Gasteiger partial charge in [0.2, 0.25) is 5.91 Å². The smallest absolute Gasteiger partial charge is 0.257 e. The van der Waals surface area contributed by atoms with E-state index in [-0.39, 0.29) is 17.9 Å². The number of hydrogen-bond donors (Lipinski definition) is 1. The summed E-state index contributed by atoms with van der Waals surface area (Å²) in [6.45, 7) is 10.5. The summed E-state index contributed by atoms with van der Waals surface area (Å²) in [5, 5.41) is 2.91. The molecule has 0 radical (unpaired) electrons. The molecule has 0 fully saturated rings. The van der Waals surface area contributed by atoms with Crippen LogP contribution in [-0.4, -0.2) is 35.8 Å². The molecule has 21 heavy (non-hydrogen) atoms. The van der Waals surface area contributed by atoms with Crippen molar-refractivity contribution in [2.75, 3.05) is 13.1 Å². The molecule has 1 aromatic heterocycles. The molecule has 0 spiro atoms. The molecule has 0 unspecified atom stereocenters. The molecular weight excluding hydrogens is 268 g/mol. The van der Waals surface area contributed by atoms with Crippen LogP contribution in [0.5, 0.6) is 0 Å². The van der Waals surface area contributed by atoms with Gasteiger partial charge in [-0.3, -0.25) is 9.59 Å². The summed E-state index contributed by atoms with van der Waals surface area (Å²) in [4.78, 5) is 25.9. The fourth-order valence-electron chi connectivity index (χ4n) is 2.10. The van der Waals surface area contributed by atoms with Crippen LogP contribution in [0.1, 0.15) is 55.5 Å². The van der Waals surface area contributed by atoms with E-state index in [0.29, 0.717) is 30.8 Å². The van der Waals surface area contributed by atoms with Crippen LogP contribution in [-0.2, 0) is 4.79 Å². The first kappa shape index (κ1) is 17.3. The van der Waals surface area contributed by atoms with Gasteiger partial charge in [0.15, 0.2) is 0 Å².